The Balaban J connectivity index is 0.000000122. The largest absolute Gasteiger partial charge is 0.0851 e. The van der Waals surface area contributed by atoms with E-state index in [9.17, 15) is 0 Å². The zero-order valence-corrected chi connectivity index (χ0v) is 14.3. The molecular weight excluding hydrogens is 264 g/mol. The predicted molar refractivity (Wildman–Crippen MR) is 94.6 cm³/mol. The van der Waals surface area contributed by atoms with Crippen molar-refractivity contribution in [2.24, 2.45) is 29.1 Å². The minimum atomic E-state index is 0.671. The van der Waals surface area contributed by atoms with Gasteiger partial charge in [-0.25, -0.2) is 0 Å². The Morgan fingerprint density at radius 3 is 2.50 bits per heavy atom. The second kappa shape index (κ2) is 6.02. The normalized spacial score (nSPS) is 44.1. The van der Waals surface area contributed by atoms with Crippen LogP contribution in [0.15, 0.2) is 36.0 Å². The Hall–Kier alpha value is -0.780. The van der Waals surface area contributed by atoms with Crippen LogP contribution in [0.4, 0.5) is 0 Å². The number of fused-ring (bicyclic) bond motifs is 4. The molecule has 0 saturated heterocycles. The summed E-state index contributed by atoms with van der Waals surface area (Å²) in [6.07, 6.45) is 26.7. The molecular formula is C22H32. The van der Waals surface area contributed by atoms with Crippen LogP contribution in [-0.4, -0.2) is 0 Å². The Labute approximate surface area is 136 Å². The van der Waals surface area contributed by atoms with E-state index in [0.717, 1.165) is 23.7 Å². The first kappa shape index (κ1) is 14.8. The summed E-state index contributed by atoms with van der Waals surface area (Å²) in [5, 5.41) is 0. The first-order valence-corrected chi connectivity index (χ1v) is 9.85. The fourth-order valence-corrected chi connectivity index (χ4v) is 5.70. The summed E-state index contributed by atoms with van der Waals surface area (Å²) in [5.74, 6) is 3.78. The van der Waals surface area contributed by atoms with E-state index in [1.807, 2.05) is 5.57 Å². The van der Waals surface area contributed by atoms with Gasteiger partial charge in [-0.05, 0) is 93.3 Å². The summed E-state index contributed by atoms with van der Waals surface area (Å²) in [5.41, 5.74) is 2.48. The first-order valence-electron chi connectivity index (χ1n) is 9.85. The standard InChI is InChI=1S/C13H18.C9H14/c1-2-4-11(5-3-1)13-9-10-6-7-12(13)8-10;1-2-9-5-3-8(7-9)4-6-9/h4,6-7,10,12-13H,1-3,5,8-9H2;3,5,8H,2,4,6-7H2,1H3. The second-order valence-corrected chi connectivity index (χ2v) is 8.49. The molecule has 0 aromatic heterocycles. The molecule has 5 aliphatic carbocycles. The summed E-state index contributed by atoms with van der Waals surface area (Å²) in [6, 6.07) is 0. The number of rotatable bonds is 2. The van der Waals surface area contributed by atoms with Crippen LogP contribution in [-0.2, 0) is 0 Å². The lowest BCUT2D eigenvalue weighted by atomic mass is 9.81. The highest BCUT2D eigenvalue weighted by Crippen LogP contribution is 2.51. The van der Waals surface area contributed by atoms with Crippen molar-refractivity contribution in [3.05, 3.63) is 36.0 Å². The van der Waals surface area contributed by atoms with Gasteiger partial charge in [-0.1, -0.05) is 42.9 Å². The Bertz CT molecular complexity index is 494. The van der Waals surface area contributed by atoms with Crippen LogP contribution in [0.3, 0.4) is 0 Å². The van der Waals surface area contributed by atoms with Gasteiger partial charge in [0.1, 0.15) is 0 Å². The van der Waals surface area contributed by atoms with Gasteiger partial charge in [0.15, 0.2) is 0 Å². The average molecular weight is 296 g/mol. The van der Waals surface area contributed by atoms with E-state index in [2.05, 4.69) is 37.3 Å². The summed E-state index contributed by atoms with van der Waals surface area (Å²) in [4.78, 5) is 0. The third kappa shape index (κ3) is 2.74. The molecule has 5 rings (SSSR count). The highest BCUT2D eigenvalue weighted by molar-refractivity contribution is 5.21. The van der Waals surface area contributed by atoms with Crippen molar-refractivity contribution >= 4 is 0 Å². The SMILES string of the molecule is C1=CC2CC1CC2C1=CCCCC1.CCC12C=CC(CC1)C2. The zero-order chi connectivity index (χ0) is 15.0. The Morgan fingerprint density at radius 1 is 1.09 bits per heavy atom. The maximum atomic E-state index is 2.54. The van der Waals surface area contributed by atoms with E-state index in [4.69, 9.17) is 0 Å². The molecule has 2 fully saturated rings. The topological polar surface area (TPSA) is 0 Å². The Kier molecular flexibility index (Phi) is 4.05. The minimum absolute atomic E-state index is 0.671. The van der Waals surface area contributed by atoms with E-state index >= 15 is 0 Å². The summed E-state index contributed by atoms with van der Waals surface area (Å²) >= 11 is 0. The molecule has 0 heteroatoms. The number of hydrogen-bond donors (Lipinski definition) is 0. The smallest absolute Gasteiger partial charge is 0.0115 e. The van der Waals surface area contributed by atoms with Crippen molar-refractivity contribution in [3.8, 4) is 0 Å². The van der Waals surface area contributed by atoms with Gasteiger partial charge in [-0.15, -0.1) is 0 Å². The van der Waals surface area contributed by atoms with Crippen LogP contribution in [0.2, 0.25) is 0 Å². The first-order chi connectivity index (χ1) is 10.8. The molecule has 0 radical (unpaired) electrons. The molecule has 5 aliphatic rings. The predicted octanol–water partition coefficient (Wildman–Crippen LogP) is 6.45. The van der Waals surface area contributed by atoms with Crippen LogP contribution in [0, 0.1) is 29.1 Å². The molecule has 5 unspecified atom stereocenters. The van der Waals surface area contributed by atoms with Crippen molar-refractivity contribution in [3.63, 3.8) is 0 Å². The molecule has 4 bridgehead atoms. The van der Waals surface area contributed by atoms with Crippen molar-refractivity contribution in [2.45, 2.75) is 71.1 Å². The molecule has 0 aromatic rings. The van der Waals surface area contributed by atoms with Gasteiger partial charge in [0, 0.05) is 0 Å². The minimum Gasteiger partial charge on any atom is -0.0851 e. The molecule has 0 N–H and O–H groups in total. The summed E-state index contributed by atoms with van der Waals surface area (Å²) in [6.45, 7) is 2.32. The number of allylic oxidation sites excluding steroid dienone is 6. The van der Waals surface area contributed by atoms with Gasteiger partial charge in [0.05, 0.1) is 0 Å². The van der Waals surface area contributed by atoms with E-state index < -0.39 is 0 Å². The maximum Gasteiger partial charge on any atom is -0.0115 e. The van der Waals surface area contributed by atoms with E-state index in [-0.39, 0.29) is 0 Å². The monoisotopic (exact) mass is 296 g/mol. The molecule has 0 spiro atoms. The van der Waals surface area contributed by atoms with Crippen LogP contribution in [0.5, 0.6) is 0 Å². The molecule has 0 aromatic carbocycles. The third-order valence-corrected chi connectivity index (χ3v) is 7.19. The highest BCUT2D eigenvalue weighted by atomic mass is 14.4. The van der Waals surface area contributed by atoms with Gasteiger partial charge in [-0.3, -0.25) is 0 Å². The maximum absolute atomic E-state index is 2.54. The second-order valence-electron chi connectivity index (χ2n) is 8.49. The highest BCUT2D eigenvalue weighted by Gasteiger charge is 2.39. The van der Waals surface area contributed by atoms with Crippen molar-refractivity contribution in [1.29, 1.82) is 0 Å². The lowest BCUT2D eigenvalue weighted by Gasteiger charge is -2.24. The fraction of sp³-hybridized carbons (Fsp3) is 0.727. The fourth-order valence-electron chi connectivity index (χ4n) is 5.70. The molecule has 5 atom stereocenters. The van der Waals surface area contributed by atoms with Crippen molar-refractivity contribution in [1.82, 2.24) is 0 Å². The van der Waals surface area contributed by atoms with E-state index in [1.165, 1.54) is 64.2 Å². The van der Waals surface area contributed by atoms with Crippen LogP contribution in [0.1, 0.15) is 71.1 Å². The molecule has 2 saturated carbocycles. The van der Waals surface area contributed by atoms with Gasteiger partial charge in [0.2, 0.25) is 0 Å². The van der Waals surface area contributed by atoms with E-state index in [0.29, 0.717) is 5.41 Å². The molecule has 22 heavy (non-hydrogen) atoms. The molecule has 0 nitrogen and oxygen atoms in total. The lowest BCUT2D eigenvalue weighted by Crippen LogP contribution is -2.11. The summed E-state index contributed by atoms with van der Waals surface area (Å²) < 4.78 is 0. The molecule has 0 heterocycles. The molecule has 120 valence electrons. The van der Waals surface area contributed by atoms with E-state index in [1.54, 1.807) is 0 Å². The quantitative estimate of drug-likeness (QED) is 0.513. The van der Waals surface area contributed by atoms with Gasteiger partial charge in [-0.2, -0.15) is 0 Å². The Morgan fingerprint density at radius 2 is 2.05 bits per heavy atom. The van der Waals surface area contributed by atoms with Crippen molar-refractivity contribution in [2.75, 3.05) is 0 Å². The number of hydrogen-bond acceptors (Lipinski definition) is 0. The zero-order valence-electron chi connectivity index (χ0n) is 14.3. The molecule has 0 amide bonds. The van der Waals surface area contributed by atoms with Crippen LogP contribution < -0.4 is 0 Å². The van der Waals surface area contributed by atoms with Crippen LogP contribution in [0.25, 0.3) is 0 Å². The third-order valence-electron chi connectivity index (χ3n) is 7.19. The van der Waals surface area contributed by atoms with Crippen molar-refractivity contribution < 1.29 is 0 Å². The molecule has 0 aliphatic heterocycles. The van der Waals surface area contributed by atoms with Gasteiger partial charge < -0.3 is 0 Å². The van der Waals surface area contributed by atoms with Gasteiger partial charge in [0.25, 0.3) is 0 Å². The average Bonchev–Trinajstić information content (AvgIpc) is 3.36. The van der Waals surface area contributed by atoms with Crippen LogP contribution >= 0.6 is 0 Å². The van der Waals surface area contributed by atoms with Gasteiger partial charge >= 0.3 is 0 Å². The lowest BCUT2D eigenvalue weighted by molar-refractivity contribution is 0.388. The summed E-state index contributed by atoms with van der Waals surface area (Å²) in [7, 11) is 0.